The molecular formula is C19H24N6O2. The van der Waals surface area contributed by atoms with E-state index in [1.54, 1.807) is 16.9 Å². The number of aryl methyl sites for hydroxylation is 1. The number of aromatic nitrogens is 5. The number of hydrogen-bond donors (Lipinski definition) is 1. The van der Waals surface area contributed by atoms with Crippen LogP contribution in [0.25, 0.3) is 5.65 Å². The number of carbonyl (C=O) groups is 1. The van der Waals surface area contributed by atoms with E-state index in [9.17, 15) is 4.79 Å². The van der Waals surface area contributed by atoms with Gasteiger partial charge in [0.05, 0.1) is 6.20 Å². The third-order valence-electron chi connectivity index (χ3n) is 5.20. The van der Waals surface area contributed by atoms with Crippen molar-refractivity contribution in [3.8, 4) is 0 Å². The van der Waals surface area contributed by atoms with Gasteiger partial charge in [-0.15, -0.1) is 0 Å². The highest BCUT2D eigenvalue weighted by atomic mass is 16.3. The first-order valence-electron chi connectivity index (χ1n) is 9.44. The molecule has 3 aromatic heterocycles. The monoisotopic (exact) mass is 368 g/mol. The number of imidazole rings is 1. The highest BCUT2D eigenvalue weighted by Gasteiger charge is 2.29. The van der Waals surface area contributed by atoms with Gasteiger partial charge in [-0.3, -0.25) is 4.79 Å². The number of carbonyl (C=O) groups excluding carboxylic acids is 1. The quantitative estimate of drug-likeness (QED) is 0.737. The Kier molecular flexibility index (Phi) is 4.89. The molecule has 1 aliphatic rings. The zero-order valence-electron chi connectivity index (χ0n) is 15.5. The lowest BCUT2D eigenvalue weighted by Gasteiger charge is -2.32. The van der Waals surface area contributed by atoms with E-state index in [1.165, 1.54) is 0 Å². The molecule has 1 N–H and O–H groups in total. The Hall–Kier alpha value is -2.74. The summed E-state index contributed by atoms with van der Waals surface area (Å²) in [6, 6.07) is 0. The van der Waals surface area contributed by atoms with Crippen molar-refractivity contribution >= 4 is 11.6 Å². The fraction of sp³-hybridized carbons (Fsp3) is 0.474. The molecule has 1 atom stereocenters. The van der Waals surface area contributed by atoms with Crippen LogP contribution in [-0.2, 0) is 13.0 Å². The van der Waals surface area contributed by atoms with Crippen LogP contribution in [0.4, 0.5) is 0 Å². The lowest BCUT2D eigenvalue weighted by Crippen LogP contribution is -2.39. The minimum atomic E-state index is -0.0355. The molecule has 1 amide bonds. The van der Waals surface area contributed by atoms with Crippen LogP contribution in [0.15, 0.2) is 31.0 Å². The molecular weight excluding hydrogens is 344 g/mol. The summed E-state index contributed by atoms with van der Waals surface area (Å²) in [5.74, 6) is 1.27. The molecule has 1 aliphatic heterocycles. The van der Waals surface area contributed by atoms with E-state index in [0.29, 0.717) is 24.2 Å². The highest BCUT2D eigenvalue weighted by molar-refractivity contribution is 5.99. The number of piperidine rings is 1. The largest absolute Gasteiger partial charge is 0.396 e. The summed E-state index contributed by atoms with van der Waals surface area (Å²) < 4.78 is 3.77. The van der Waals surface area contributed by atoms with Crippen LogP contribution in [0.1, 0.15) is 47.4 Å². The number of amides is 1. The Labute approximate surface area is 157 Å². The van der Waals surface area contributed by atoms with Gasteiger partial charge in [-0.1, -0.05) is 0 Å². The van der Waals surface area contributed by atoms with Gasteiger partial charge in [-0.05, 0) is 31.7 Å². The second-order valence-corrected chi connectivity index (χ2v) is 6.92. The maximum absolute atomic E-state index is 13.1. The fourth-order valence-electron chi connectivity index (χ4n) is 3.81. The summed E-state index contributed by atoms with van der Waals surface area (Å²) in [5.41, 5.74) is 1.96. The summed E-state index contributed by atoms with van der Waals surface area (Å²) in [4.78, 5) is 23.9. The highest BCUT2D eigenvalue weighted by Crippen LogP contribution is 2.27. The van der Waals surface area contributed by atoms with Crippen molar-refractivity contribution < 1.29 is 9.90 Å². The first-order valence-corrected chi connectivity index (χ1v) is 9.44. The SMILES string of the molecule is CCn1ccnc1[C@@H]1CCCN(C(=O)c2cnn3cc(CCO)cnc23)C1. The van der Waals surface area contributed by atoms with Crippen LogP contribution >= 0.6 is 0 Å². The van der Waals surface area contributed by atoms with E-state index < -0.39 is 0 Å². The molecule has 0 aliphatic carbocycles. The molecule has 3 aromatic rings. The molecule has 0 aromatic carbocycles. The molecule has 4 heterocycles. The molecule has 0 unspecified atom stereocenters. The predicted octanol–water partition coefficient (Wildman–Crippen LogP) is 1.50. The molecule has 1 fully saturated rings. The topological polar surface area (TPSA) is 88.6 Å². The molecule has 27 heavy (non-hydrogen) atoms. The standard InChI is InChI=1S/C19H24N6O2/c1-2-23-8-6-20-17(23)15-4-3-7-24(13-15)19(27)16-11-22-25-12-14(5-9-26)10-21-18(16)25/h6,8,10-12,15,26H,2-5,7,9,13H2,1H3/t15-/m1/s1. The lowest BCUT2D eigenvalue weighted by atomic mass is 9.96. The van der Waals surface area contributed by atoms with Gasteiger partial charge >= 0.3 is 0 Å². The second kappa shape index (κ2) is 7.48. The summed E-state index contributed by atoms with van der Waals surface area (Å²) in [6.07, 6.45) is 11.4. The average molecular weight is 368 g/mol. The second-order valence-electron chi connectivity index (χ2n) is 6.92. The number of aliphatic hydroxyl groups excluding tert-OH is 1. The van der Waals surface area contributed by atoms with Gasteiger partial charge in [-0.25, -0.2) is 14.5 Å². The lowest BCUT2D eigenvalue weighted by molar-refractivity contribution is 0.0705. The van der Waals surface area contributed by atoms with Crippen LogP contribution in [0.5, 0.6) is 0 Å². The van der Waals surface area contributed by atoms with Crippen molar-refractivity contribution in [3.05, 3.63) is 47.9 Å². The number of rotatable bonds is 5. The number of aliphatic hydroxyl groups is 1. The number of likely N-dealkylation sites (tertiary alicyclic amines) is 1. The predicted molar refractivity (Wildman–Crippen MR) is 99.6 cm³/mol. The van der Waals surface area contributed by atoms with Crippen LogP contribution in [0, 0.1) is 0 Å². The zero-order valence-corrected chi connectivity index (χ0v) is 15.5. The van der Waals surface area contributed by atoms with E-state index in [-0.39, 0.29) is 18.4 Å². The molecule has 0 radical (unpaired) electrons. The van der Waals surface area contributed by atoms with Crippen molar-refractivity contribution in [1.29, 1.82) is 0 Å². The zero-order chi connectivity index (χ0) is 18.8. The number of hydrogen-bond acceptors (Lipinski definition) is 5. The summed E-state index contributed by atoms with van der Waals surface area (Å²) in [5, 5.41) is 13.4. The molecule has 4 rings (SSSR count). The molecule has 142 valence electrons. The van der Waals surface area contributed by atoms with Crippen LogP contribution in [0.2, 0.25) is 0 Å². The molecule has 8 heteroatoms. The Bertz CT molecular complexity index is 947. The molecule has 0 bridgehead atoms. The summed E-state index contributed by atoms with van der Waals surface area (Å²) in [7, 11) is 0. The van der Waals surface area contributed by atoms with Gasteiger partial charge in [0.15, 0.2) is 5.65 Å². The van der Waals surface area contributed by atoms with E-state index >= 15 is 0 Å². The van der Waals surface area contributed by atoms with E-state index in [2.05, 4.69) is 26.6 Å². The van der Waals surface area contributed by atoms with Gasteiger partial charge < -0.3 is 14.6 Å². The first-order chi connectivity index (χ1) is 13.2. The minimum Gasteiger partial charge on any atom is -0.396 e. The van der Waals surface area contributed by atoms with Crippen molar-refractivity contribution in [2.75, 3.05) is 19.7 Å². The van der Waals surface area contributed by atoms with Gasteiger partial charge in [0.1, 0.15) is 11.4 Å². The van der Waals surface area contributed by atoms with Crippen molar-refractivity contribution in [2.45, 2.75) is 38.6 Å². The third-order valence-corrected chi connectivity index (χ3v) is 5.20. The number of fused-ring (bicyclic) bond motifs is 1. The Balaban J connectivity index is 1.56. The van der Waals surface area contributed by atoms with Gasteiger partial charge in [0.2, 0.25) is 0 Å². The van der Waals surface area contributed by atoms with Crippen LogP contribution in [0.3, 0.4) is 0 Å². The van der Waals surface area contributed by atoms with Crippen LogP contribution < -0.4 is 0 Å². The van der Waals surface area contributed by atoms with Gasteiger partial charge in [0.25, 0.3) is 5.91 Å². The molecule has 1 saturated heterocycles. The molecule has 0 spiro atoms. The summed E-state index contributed by atoms with van der Waals surface area (Å²) >= 11 is 0. The Morgan fingerprint density at radius 2 is 2.22 bits per heavy atom. The molecule has 0 saturated carbocycles. The normalized spacial score (nSPS) is 17.6. The fourth-order valence-corrected chi connectivity index (χ4v) is 3.81. The smallest absolute Gasteiger partial charge is 0.259 e. The van der Waals surface area contributed by atoms with E-state index in [0.717, 1.165) is 37.3 Å². The van der Waals surface area contributed by atoms with Crippen molar-refractivity contribution in [3.63, 3.8) is 0 Å². The average Bonchev–Trinajstić information content (AvgIpc) is 3.34. The third kappa shape index (κ3) is 3.32. The molecule has 8 nitrogen and oxygen atoms in total. The summed E-state index contributed by atoms with van der Waals surface area (Å²) in [6.45, 7) is 4.45. The Morgan fingerprint density at radius 1 is 1.33 bits per heavy atom. The number of nitrogens with zero attached hydrogens (tertiary/aromatic N) is 6. The van der Waals surface area contributed by atoms with Crippen LogP contribution in [-0.4, -0.2) is 59.8 Å². The van der Waals surface area contributed by atoms with Gasteiger partial charge in [0, 0.05) is 56.9 Å². The minimum absolute atomic E-state index is 0.0355. The van der Waals surface area contributed by atoms with Crippen molar-refractivity contribution in [1.82, 2.24) is 29.0 Å². The maximum atomic E-state index is 13.1. The van der Waals surface area contributed by atoms with E-state index in [1.807, 2.05) is 23.5 Å². The van der Waals surface area contributed by atoms with Crippen molar-refractivity contribution in [2.24, 2.45) is 0 Å². The Morgan fingerprint density at radius 3 is 3.04 bits per heavy atom. The van der Waals surface area contributed by atoms with E-state index in [4.69, 9.17) is 5.11 Å². The first kappa shape index (κ1) is 17.7. The maximum Gasteiger partial charge on any atom is 0.259 e. The van der Waals surface area contributed by atoms with Gasteiger partial charge in [-0.2, -0.15) is 5.10 Å².